The number of rotatable bonds is 3. The summed E-state index contributed by atoms with van der Waals surface area (Å²) in [4.78, 5) is 2.58. The van der Waals surface area contributed by atoms with Gasteiger partial charge in [0, 0.05) is 37.1 Å². The van der Waals surface area contributed by atoms with Crippen molar-refractivity contribution in [1.29, 1.82) is 0 Å². The highest BCUT2D eigenvalue weighted by Crippen LogP contribution is 2.33. The van der Waals surface area contributed by atoms with Gasteiger partial charge < -0.3 is 8.98 Å². The number of fused-ring (bicyclic) bond motifs is 1. The molecule has 0 radical (unpaired) electrons. The molecule has 2 aromatic heterocycles. The number of hydrogen-bond acceptors (Lipinski definition) is 2. The Balaban J connectivity index is 1.72. The molecule has 1 aliphatic heterocycles. The fourth-order valence-corrected chi connectivity index (χ4v) is 3.86. The molecule has 0 fully saturated rings. The van der Waals surface area contributed by atoms with Crippen LogP contribution in [0, 0.1) is 13.8 Å². The van der Waals surface area contributed by atoms with Gasteiger partial charge in [-0.25, -0.2) is 0 Å². The first-order valence-corrected chi connectivity index (χ1v) is 8.70. The third kappa shape index (κ3) is 2.80. The molecule has 1 aromatic carbocycles. The van der Waals surface area contributed by atoms with Crippen LogP contribution in [-0.2, 0) is 13.1 Å². The Labute approximate surface area is 143 Å². The van der Waals surface area contributed by atoms with Crippen LogP contribution in [0.25, 0.3) is 0 Å². The SMILES string of the molecule is Cc1ccc(CN2CCCn3cccc3C2c2ccoc2)c(C)c1. The number of aryl methyl sites for hydroxylation is 3. The van der Waals surface area contributed by atoms with E-state index in [9.17, 15) is 0 Å². The molecule has 3 nitrogen and oxygen atoms in total. The fraction of sp³-hybridized carbons (Fsp3) is 0.333. The van der Waals surface area contributed by atoms with Crippen LogP contribution in [0.3, 0.4) is 0 Å². The normalized spacial score (nSPS) is 18.3. The van der Waals surface area contributed by atoms with E-state index < -0.39 is 0 Å². The molecule has 24 heavy (non-hydrogen) atoms. The molecule has 0 aliphatic carbocycles. The summed E-state index contributed by atoms with van der Waals surface area (Å²) < 4.78 is 7.79. The first kappa shape index (κ1) is 15.3. The van der Waals surface area contributed by atoms with Crippen LogP contribution in [0.2, 0.25) is 0 Å². The van der Waals surface area contributed by atoms with Crippen molar-refractivity contribution in [3.63, 3.8) is 0 Å². The summed E-state index contributed by atoms with van der Waals surface area (Å²) in [6.45, 7) is 7.51. The molecule has 4 rings (SSSR count). The second-order valence-electron chi connectivity index (χ2n) is 6.84. The van der Waals surface area contributed by atoms with Gasteiger partial charge in [0.15, 0.2) is 0 Å². The number of furan rings is 1. The average molecular weight is 320 g/mol. The summed E-state index contributed by atoms with van der Waals surface area (Å²) >= 11 is 0. The summed E-state index contributed by atoms with van der Waals surface area (Å²) in [5.41, 5.74) is 6.71. The Morgan fingerprint density at radius 1 is 1.12 bits per heavy atom. The lowest BCUT2D eigenvalue weighted by Gasteiger charge is -2.30. The lowest BCUT2D eigenvalue weighted by Crippen LogP contribution is -2.29. The molecule has 1 unspecified atom stereocenters. The van der Waals surface area contributed by atoms with Crippen molar-refractivity contribution in [2.75, 3.05) is 6.54 Å². The molecule has 0 amide bonds. The third-order valence-corrected chi connectivity index (χ3v) is 5.08. The Kier molecular flexibility index (Phi) is 4.03. The first-order chi connectivity index (χ1) is 11.7. The summed E-state index contributed by atoms with van der Waals surface area (Å²) in [5.74, 6) is 0. The molecular weight excluding hydrogens is 296 g/mol. The molecule has 3 aromatic rings. The van der Waals surface area contributed by atoms with E-state index in [0.717, 1.165) is 19.6 Å². The Morgan fingerprint density at radius 2 is 2.04 bits per heavy atom. The zero-order chi connectivity index (χ0) is 16.5. The highest BCUT2D eigenvalue weighted by Gasteiger charge is 2.28. The average Bonchev–Trinajstić information content (AvgIpc) is 3.21. The van der Waals surface area contributed by atoms with Crippen LogP contribution >= 0.6 is 0 Å². The van der Waals surface area contributed by atoms with Gasteiger partial charge in [0.25, 0.3) is 0 Å². The van der Waals surface area contributed by atoms with Crippen molar-refractivity contribution in [3.05, 3.63) is 83.1 Å². The maximum Gasteiger partial charge on any atom is 0.0954 e. The van der Waals surface area contributed by atoms with E-state index in [1.165, 1.54) is 34.4 Å². The Bertz CT molecular complexity index is 816. The van der Waals surface area contributed by atoms with Gasteiger partial charge >= 0.3 is 0 Å². The molecule has 0 saturated heterocycles. The van der Waals surface area contributed by atoms with Crippen molar-refractivity contribution < 1.29 is 4.42 Å². The van der Waals surface area contributed by atoms with E-state index in [1.54, 1.807) is 6.26 Å². The molecule has 3 heterocycles. The molecular formula is C21H24N2O. The van der Waals surface area contributed by atoms with Crippen LogP contribution in [0.5, 0.6) is 0 Å². The second-order valence-corrected chi connectivity index (χ2v) is 6.84. The lowest BCUT2D eigenvalue weighted by molar-refractivity contribution is 0.219. The number of aromatic nitrogens is 1. The number of benzene rings is 1. The van der Waals surface area contributed by atoms with Gasteiger partial charge in [-0.2, -0.15) is 0 Å². The second kappa shape index (κ2) is 6.33. The van der Waals surface area contributed by atoms with Crippen molar-refractivity contribution in [2.45, 2.75) is 39.4 Å². The molecule has 0 spiro atoms. The summed E-state index contributed by atoms with van der Waals surface area (Å²) in [5, 5.41) is 0. The zero-order valence-electron chi connectivity index (χ0n) is 14.4. The standard InChI is InChI=1S/C21H24N2O/c1-16-6-7-18(17(2)13-16)14-23-11-4-10-22-9-3-5-20(22)21(23)19-8-12-24-15-19/h3,5-9,12-13,15,21H,4,10-11,14H2,1-2H3. The summed E-state index contributed by atoms with van der Waals surface area (Å²) in [6.07, 6.45) is 7.04. The van der Waals surface area contributed by atoms with Gasteiger partial charge in [0.2, 0.25) is 0 Å². The zero-order valence-corrected chi connectivity index (χ0v) is 14.4. The minimum Gasteiger partial charge on any atom is -0.472 e. The van der Waals surface area contributed by atoms with E-state index >= 15 is 0 Å². The summed E-state index contributed by atoms with van der Waals surface area (Å²) in [7, 11) is 0. The third-order valence-electron chi connectivity index (χ3n) is 5.08. The molecule has 1 aliphatic rings. The van der Waals surface area contributed by atoms with Gasteiger partial charge in [0.1, 0.15) is 0 Å². The van der Waals surface area contributed by atoms with Crippen LogP contribution in [0.1, 0.15) is 40.4 Å². The van der Waals surface area contributed by atoms with Gasteiger partial charge in [-0.1, -0.05) is 23.8 Å². The first-order valence-electron chi connectivity index (χ1n) is 8.70. The molecule has 124 valence electrons. The van der Waals surface area contributed by atoms with Crippen LogP contribution < -0.4 is 0 Å². The van der Waals surface area contributed by atoms with E-state index in [-0.39, 0.29) is 6.04 Å². The minimum absolute atomic E-state index is 0.252. The van der Waals surface area contributed by atoms with E-state index in [2.05, 4.69) is 65.9 Å². The van der Waals surface area contributed by atoms with Crippen molar-refractivity contribution >= 4 is 0 Å². The largest absolute Gasteiger partial charge is 0.472 e. The predicted octanol–water partition coefficient (Wildman–Crippen LogP) is 4.69. The van der Waals surface area contributed by atoms with E-state index in [4.69, 9.17) is 4.42 Å². The lowest BCUT2D eigenvalue weighted by atomic mass is 10.0. The molecule has 0 bridgehead atoms. The van der Waals surface area contributed by atoms with Gasteiger partial charge in [-0.15, -0.1) is 0 Å². The van der Waals surface area contributed by atoms with Crippen LogP contribution in [0.4, 0.5) is 0 Å². The van der Waals surface area contributed by atoms with Crippen LogP contribution in [-0.4, -0.2) is 16.0 Å². The van der Waals surface area contributed by atoms with Gasteiger partial charge in [0.05, 0.1) is 18.6 Å². The van der Waals surface area contributed by atoms with Gasteiger partial charge in [-0.3, -0.25) is 4.90 Å². The molecule has 0 N–H and O–H groups in total. The molecule has 1 atom stereocenters. The Morgan fingerprint density at radius 3 is 2.83 bits per heavy atom. The van der Waals surface area contributed by atoms with Crippen molar-refractivity contribution in [2.24, 2.45) is 0 Å². The van der Waals surface area contributed by atoms with E-state index in [0.29, 0.717) is 0 Å². The summed E-state index contributed by atoms with van der Waals surface area (Å²) in [6, 6.07) is 13.5. The topological polar surface area (TPSA) is 21.3 Å². The quantitative estimate of drug-likeness (QED) is 0.698. The van der Waals surface area contributed by atoms with E-state index in [1.807, 2.05) is 6.26 Å². The van der Waals surface area contributed by atoms with Crippen molar-refractivity contribution in [1.82, 2.24) is 9.47 Å². The molecule has 3 heteroatoms. The minimum atomic E-state index is 0.252. The molecule has 0 saturated carbocycles. The Hall–Kier alpha value is -2.26. The highest BCUT2D eigenvalue weighted by atomic mass is 16.3. The predicted molar refractivity (Wildman–Crippen MR) is 95.9 cm³/mol. The number of hydrogen-bond donors (Lipinski definition) is 0. The fourth-order valence-electron chi connectivity index (χ4n) is 3.86. The van der Waals surface area contributed by atoms with Crippen molar-refractivity contribution in [3.8, 4) is 0 Å². The van der Waals surface area contributed by atoms with Gasteiger partial charge in [-0.05, 0) is 49.6 Å². The monoisotopic (exact) mass is 320 g/mol. The highest BCUT2D eigenvalue weighted by molar-refractivity contribution is 5.32. The maximum atomic E-state index is 5.40. The smallest absolute Gasteiger partial charge is 0.0954 e. The van der Waals surface area contributed by atoms with Crippen LogP contribution in [0.15, 0.2) is 59.5 Å². The number of nitrogens with zero attached hydrogens (tertiary/aromatic N) is 2. The maximum absolute atomic E-state index is 5.40.